The molecule has 8 heteroatoms. The average molecular weight is 360 g/mol. The van der Waals surface area contributed by atoms with Gasteiger partial charge in [0.25, 0.3) is 0 Å². The van der Waals surface area contributed by atoms with Gasteiger partial charge in [0.05, 0.1) is 10.9 Å². The zero-order valence-electron chi connectivity index (χ0n) is 12.9. The summed E-state index contributed by atoms with van der Waals surface area (Å²) in [5, 5.41) is 6.91. The molecule has 1 aromatic heterocycles. The molecule has 0 aliphatic carbocycles. The first kappa shape index (κ1) is 16.6. The molecule has 0 unspecified atom stereocenters. The molecule has 0 fully saturated rings. The van der Waals surface area contributed by atoms with Gasteiger partial charge in [-0.15, -0.1) is 0 Å². The average Bonchev–Trinajstić information content (AvgIpc) is 2.98. The number of benzene rings is 2. The Morgan fingerprint density at radius 1 is 1.08 bits per heavy atom. The van der Waals surface area contributed by atoms with E-state index in [2.05, 4.69) is 14.9 Å². The van der Waals surface area contributed by atoms with E-state index >= 15 is 0 Å². The molecular formula is C16H16N4O2S2. The van der Waals surface area contributed by atoms with Crippen LogP contribution < -0.4 is 4.72 Å². The van der Waals surface area contributed by atoms with Crippen molar-refractivity contribution in [1.82, 2.24) is 19.5 Å². The second kappa shape index (κ2) is 6.68. The van der Waals surface area contributed by atoms with Crippen LogP contribution in [0, 0.1) is 4.77 Å². The summed E-state index contributed by atoms with van der Waals surface area (Å²) >= 11 is 5.28. The van der Waals surface area contributed by atoms with Crippen LogP contribution in [-0.2, 0) is 10.0 Å². The SMILES string of the molecule is C[C@H](NS(=O)(=O)c1ccccc1)c1n[nH]c(=S)n1-c1ccccc1. The van der Waals surface area contributed by atoms with E-state index in [4.69, 9.17) is 12.2 Å². The van der Waals surface area contributed by atoms with Gasteiger partial charge < -0.3 is 0 Å². The third kappa shape index (κ3) is 3.30. The Labute approximate surface area is 145 Å². The van der Waals surface area contributed by atoms with Crippen LogP contribution in [0.5, 0.6) is 0 Å². The number of para-hydroxylation sites is 1. The number of aromatic amines is 1. The van der Waals surface area contributed by atoms with Crippen molar-refractivity contribution in [3.05, 3.63) is 71.3 Å². The van der Waals surface area contributed by atoms with Crippen LogP contribution in [0.4, 0.5) is 0 Å². The standard InChI is InChI=1S/C16H16N4O2S2/c1-12(19-24(21,22)14-10-6-3-7-11-14)15-17-18-16(23)20(15)13-8-4-2-5-9-13/h2-12,19H,1H3,(H,18,23)/t12-/m0/s1. The number of hydrogen-bond acceptors (Lipinski definition) is 4. The molecular weight excluding hydrogens is 344 g/mol. The van der Waals surface area contributed by atoms with E-state index in [0.717, 1.165) is 5.69 Å². The second-order valence-electron chi connectivity index (χ2n) is 5.21. The fraction of sp³-hybridized carbons (Fsp3) is 0.125. The van der Waals surface area contributed by atoms with E-state index in [1.807, 2.05) is 30.3 Å². The monoisotopic (exact) mass is 360 g/mol. The molecule has 0 spiro atoms. The number of nitrogens with one attached hydrogen (secondary N) is 2. The third-order valence-corrected chi connectivity index (χ3v) is 5.32. The molecule has 0 bridgehead atoms. The van der Waals surface area contributed by atoms with Crippen LogP contribution in [0.15, 0.2) is 65.6 Å². The molecule has 0 saturated carbocycles. The largest absolute Gasteiger partial charge is 0.271 e. The Morgan fingerprint density at radius 3 is 2.29 bits per heavy atom. The molecule has 0 amide bonds. The predicted octanol–water partition coefficient (Wildman–Crippen LogP) is 2.97. The number of hydrogen-bond donors (Lipinski definition) is 2. The van der Waals surface area contributed by atoms with Gasteiger partial charge in [0, 0.05) is 5.69 Å². The van der Waals surface area contributed by atoms with Gasteiger partial charge in [-0.2, -0.15) is 5.10 Å². The number of aromatic nitrogens is 3. The molecule has 0 aliphatic rings. The van der Waals surface area contributed by atoms with Gasteiger partial charge >= 0.3 is 0 Å². The number of rotatable bonds is 5. The van der Waals surface area contributed by atoms with E-state index in [-0.39, 0.29) is 4.90 Å². The van der Waals surface area contributed by atoms with Crippen LogP contribution in [0.1, 0.15) is 18.8 Å². The van der Waals surface area contributed by atoms with Gasteiger partial charge in [0.15, 0.2) is 10.6 Å². The number of nitrogens with zero attached hydrogens (tertiary/aromatic N) is 2. The molecule has 6 nitrogen and oxygen atoms in total. The minimum Gasteiger partial charge on any atom is -0.271 e. The topological polar surface area (TPSA) is 79.8 Å². The molecule has 0 saturated heterocycles. The highest BCUT2D eigenvalue weighted by Crippen LogP contribution is 2.19. The predicted molar refractivity (Wildman–Crippen MR) is 93.9 cm³/mol. The fourth-order valence-electron chi connectivity index (χ4n) is 2.38. The van der Waals surface area contributed by atoms with Crippen LogP contribution in [-0.4, -0.2) is 23.2 Å². The Morgan fingerprint density at radius 2 is 1.67 bits per heavy atom. The van der Waals surface area contributed by atoms with Crippen molar-refractivity contribution in [1.29, 1.82) is 0 Å². The van der Waals surface area contributed by atoms with Crippen molar-refractivity contribution < 1.29 is 8.42 Å². The van der Waals surface area contributed by atoms with Crippen molar-refractivity contribution in [3.8, 4) is 5.69 Å². The molecule has 2 N–H and O–H groups in total. The van der Waals surface area contributed by atoms with Gasteiger partial charge in [-0.25, -0.2) is 13.1 Å². The molecule has 1 atom stereocenters. The zero-order chi connectivity index (χ0) is 17.2. The smallest absolute Gasteiger partial charge is 0.241 e. The molecule has 24 heavy (non-hydrogen) atoms. The quantitative estimate of drug-likeness (QED) is 0.686. The summed E-state index contributed by atoms with van der Waals surface area (Å²) in [6, 6.07) is 17.1. The minimum atomic E-state index is -3.65. The highest BCUT2D eigenvalue weighted by Gasteiger charge is 2.22. The van der Waals surface area contributed by atoms with Crippen molar-refractivity contribution in [3.63, 3.8) is 0 Å². The fourth-order valence-corrected chi connectivity index (χ4v) is 3.85. The summed E-state index contributed by atoms with van der Waals surface area (Å²) in [6.07, 6.45) is 0. The normalized spacial score (nSPS) is 12.9. The summed E-state index contributed by atoms with van der Waals surface area (Å²) in [6.45, 7) is 1.73. The lowest BCUT2D eigenvalue weighted by atomic mass is 10.3. The molecule has 2 aromatic carbocycles. The van der Waals surface area contributed by atoms with E-state index < -0.39 is 16.1 Å². The molecule has 3 aromatic rings. The van der Waals surface area contributed by atoms with Gasteiger partial charge in [0.1, 0.15) is 0 Å². The molecule has 1 heterocycles. The molecule has 3 rings (SSSR count). The Bertz CT molecular complexity index is 980. The third-order valence-electron chi connectivity index (χ3n) is 3.49. The van der Waals surface area contributed by atoms with E-state index in [9.17, 15) is 8.42 Å². The number of sulfonamides is 1. The number of H-pyrrole nitrogens is 1. The van der Waals surface area contributed by atoms with Gasteiger partial charge in [-0.05, 0) is 43.4 Å². The summed E-state index contributed by atoms with van der Waals surface area (Å²) in [5.74, 6) is 0.491. The van der Waals surface area contributed by atoms with Crippen molar-refractivity contribution in [2.24, 2.45) is 0 Å². The maximum Gasteiger partial charge on any atom is 0.241 e. The Balaban J connectivity index is 1.95. The van der Waals surface area contributed by atoms with Crippen LogP contribution in [0.2, 0.25) is 0 Å². The van der Waals surface area contributed by atoms with E-state index in [1.165, 1.54) is 0 Å². The van der Waals surface area contributed by atoms with Crippen LogP contribution in [0.25, 0.3) is 5.69 Å². The van der Waals surface area contributed by atoms with Crippen molar-refractivity contribution in [2.75, 3.05) is 0 Å². The maximum absolute atomic E-state index is 12.5. The Kier molecular flexibility index (Phi) is 4.61. The molecule has 0 aliphatic heterocycles. The second-order valence-corrected chi connectivity index (χ2v) is 7.31. The first-order valence-corrected chi connectivity index (χ1v) is 9.18. The van der Waals surface area contributed by atoms with E-state index in [1.54, 1.807) is 41.8 Å². The van der Waals surface area contributed by atoms with Gasteiger partial charge in [-0.1, -0.05) is 36.4 Å². The van der Waals surface area contributed by atoms with Crippen molar-refractivity contribution >= 4 is 22.2 Å². The lowest BCUT2D eigenvalue weighted by Crippen LogP contribution is -2.28. The summed E-state index contributed by atoms with van der Waals surface area (Å²) < 4.78 is 29.7. The lowest BCUT2D eigenvalue weighted by Gasteiger charge is -2.15. The van der Waals surface area contributed by atoms with Gasteiger partial charge in [-0.3, -0.25) is 9.67 Å². The van der Waals surface area contributed by atoms with Crippen LogP contribution in [0.3, 0.4) is 0 Å². The zero-order valence-corrected chi connectivity index (χ0v) is 14.5. The Hall–Kier alpha value is -2.29. The summed E-state index contributed by atoms with van der Waals surface area (Å²) in [7, 11) is -3.65. The highest BCUT2D eigenvalue weighted by molar-refractivity contribution is 7.89. The maximum atomic E-state index is 12.5. The minimum absolute atomic E-state index is 0.206. The van der Waals surface area contributed by atoms with Crippen LogP contribution >= 0.6 is 12.2 Å². The summed E-state index contributed by atoms with van der Waals surface area (Å²) in [5.41, 5.74) is 0.817. The molecule has 124 valence electrons. The first-order chi connectivity index (χ1) is 11.5. The lowest BCUT2D eigenvalue weighted by molar-refractivity contribution is 0.557. The van der Waals surface area contributed by atoms with E-state index in [0.29, 0.717) is 10.6 Å². The van der Waals surface area contributed by atoms with Crippen molar-refractivity contribution in [2.45, 2.75) is 17.9 Å². The summed E-state index contributed by atoms with van der Waals surface area (Å²) in [4.78, 5) is 0.206. The van der Waals surface area contributed by atoms with Gasteiger partial charge in [0.2, 0.25) is 10.0 Å². The first-order valence-electron chi connectivity index (χ1n) is 7.29. The highest BCUT2D eigenvalue weighted by atomic mass is 32.2. The molecule has 0 radical (unpaired) electrons.